The number of carbonyl (C=O) groups excluding carboxylic acids is 3. The summed E-state index contributed by atoms with van der Waals surface area (Å²) in [4.78, 5) is 34.0. The summed E-state index contributed by atoms with van der Waals surface area (Å²) < 4.78 is 19.9. The van der Waals surface area contributed by atoms with Gasteiger partial charge < -0.3 is 24.1 Å². The molecule has 0 saturated carbocycles. The van der Waals surface area contributed by atoms with Crippen LogP contribution in [0.4, 0.5) is 0 Å². The van der Waals surface area contributed by atoms with Crippen molar-refractivity contribution in [3.05, 3.63) is 56.5 Å². The van der Waals surface area contributed by atoms with Crippen LogP contribution in [0.3, 0.4) is 0 Å². The molecule has 1 N–H and O–H groups in total. The molecule has 1 unspecified atom stereocenters. The van der Waals surface area contributed by atoms with Crippen molar-refractivity contribution in [1.82, 2.24) is 0 Å². The predicted octanol–water partition coefficient (Wildman–Crippen LogP) is 9.29. The molecule has 3 aliphatic heterocycles. The number of fused-ring (bicyclic) bond motifs is 1. The minimum Gasteiger partial charge on any atom is -0.507 e. The van der Waals surface area contributed by atoms with Gasteiger partial charge in [0.15, 0.2) is 11.6 Å². The molecule has 0 aromatic heterocycles. The summed E-state index contributed by atoms with van der Waals surface area (Å²) in [6.45, 7) is 18.1. The van der Waals surface area contributed by atoms with Gasteiger partial charge in [0, 0.05) is 27.2 Å². The Morgan fingerprint density at radius 2 is 1.31 bits per heavy atom. The van der Waals surface area contributed by atoms with Crippen molar-refractivity contribution in [1.29, 1.82) is 0 Å². The molecule has 3 heterocycles. The number of rotatable bonds is 3. The van der Waals surface area contributed by atoms with E-state index in [9.17, 15) is 14.4 Å². The van der Waals surface area contributed by atoms with Crippen LogP contribution in [-0.2, 0) is 14.3 Å². The average Bonchev–Trinajstić information content (AvgIpc) is 2.87. The minimum atomic E-state index is -0.182. The molecule has 0 radical (unpaired) electrons. The fraction of sp³-hybridized carbons (Fsp3) is 0.583. The summed E-state index contributed by atoms with van der Waals surface area (Å²) in [5.41, 5.74) is 0.383. The van der Waals surface area contributed by atoms with Crippen LogP contribution in [0.15, 0.2) is 45.3 Å². The lowest BCUT2D eigenvalue weighted by Crippen LogP contribution is -2.50. The van der Waals surface area contributed by atoms with E-state index in [4.69, 9.17) is 19.3 Å². The van der Waals surface area contributed by atoms with Gasteiger partial charge in [0.05, 0.1) is 33.5 Å². The van der Waals surface area contributed by atoms with Gasteiger partial charge in [-0.1, -0.05) is 31.9 Å². The Morgan fingerprint density at radius 3 is 1.80 bits per heavy atom. The highest BCUT2D eigenvalue weighted by atomic mass is 79.9. The monoisotopic (exact) mass is 750 g/mol. The van der Waals surface area contributed by atoms with Crippen molar-refractivity contribution in [2.75, 3.05) is 0 Å². The lowest BCUT2D eigenvalue weighted by molar-refractivity contribution is -0.183. The maximum atomic E-state index is 12.5. The zero-order chi connectivity index (χ0) is 34.0. The number of aldehydes is 1. The van der Waals surface area contributed by atoms with Crippen molar-refractivity contribution in [2.24, 2.45) is 11.8 Å². The minimum absolute atomic E-state index is 0.0284. The van der Waals surface area contributed by atoms with Crippen LogP contribution >= 0.6 is 31.9 Å². The van der Waals surface area contributed by atoms with Crippen LogP contribution in [0.5, 0.6) is 11.5 Å². The molecule has 5 rings (SSSR count). The number of carbonyl (C=O) groups is 3. The second kappa shape index (κ2) is 14.4. The third-order valence-corrected chi connectivity index (χ3v) is 9.07. The van der Waals surface area contributed by atoms with Crippen molar-refractivity contribution >= 4 is 49.7 Å². The van der Waals surface area contributed by atoms with Gasteiger partial charge in [-0.15, -0.1) is 0 Å². The third-order valence-electron chi connectivity index (χ3n) is 8.08. The number of ether oxygens (including phenoxy) is 3. The van der Waals surface area contributed by atoms with Gasteiger partial charge in [-0.25, -0.2) is 0 Å². The van der Waals surface area contributed by atoms with E-state index in [1.54, 1.807) is 12.1 Å². The Labute approximate surface area is 285 Å². The fourth-order valence-electron chi connectivity index (χ4n) is 7.07. The number of hydrogen-bond acceptors (Lipinski definition) is 7. The van der Waals surface area contributed by atoms with Gasteiger partial charge in [0.2, 0.25) is 0 Å². The van der Waals surface area contributed by atoms with Crippen LogP contribution in [0.25, 0.3) is 0 Å². The van der Waals surface area contributed by atoms with Crippen LogP contribution in [0, 0.1) is 11.8 Å². The summed E-state index contributed by atoms with van der Waals surface area (Å²) in [5.74, 6) is 1.29. The van der Waals surface area contributed by atoms with Crippen molar-refractivity contribution in [2.45, 2.75) is 123 Å². The van der Waals surface area contributed by atoms with E-state index in [2.05, 4.69) is 59.6 Å². The SMILES string of the molecule is CC(=O)c1cc(Br)ccc1O.CC1(C)CC(C2CC(=O)c3cc(Br)ccc3O2)CC(C)(C)O1.CC1(C)CC(C=O)CC(C)(C)O1. The van der Waals surface area contributed by atoms with Crippen molar-refractivity contribution in [3.8, 4) is 11.5 Å². The first-order chi connectivity index (χ1) is 20.6. The summed E-state index contributed by atoms with van der Waals surface area (Å²) in [5, 5.41) is 9.16. The van der Waals surface area contributed by atoms with E-state index in [1.807, 2.05) is 45.9 Å². The fourth-order valence-corrected chi connectivity index (χ4v) is 7.79. The average molecular weight is 753 g/mol. The van der Waals surface area contributed by atoms with Gasteiger partial charge >= 0.3 is 0 Å². The van der Waals surface area contributed by atoms with E-state index in [-0.39, 0.29) is 51.7 Å². The molecule has 0 spiro atoms. The second-order valence-electron chi connectivity index (χ2n) is 14.9. The molecule has 45 heavy (non-hydrogen) atoms. The number of phenols is 1. The van der Waals surface area contributed by atoms with Crippen LogP contribution in [-0.4, -0.2) is 51.5 Å². The normalized spacial score (nSPS) is 23.2. The molecular weight excluding hydrogens is 704 g/mol. The zero-order valence-corrected chi connectivity index (χ0v) is 31.1. The molecule has 2 aromatic carbocycles. The highest BCUT2D eigenvalue weighted by Gasteiger charge is 2.44. The van der Waals surface area contributed by atoms with Crippen LogP contribution < -0.4 is 4.74 Å². The third kappa shape index (κ3) is 11.0. The summed E-state index contributed by atoms with van der Waals surface area (Å²) in [6.07, 6.45) is 5.00. The molecule has 7 nitrogen and oxygen atoms in total. The van der Waals surface area contributed by atoms with Gasteiger partial charge in [-0.2, -0.15) is 0 Å². The molecule has 0 aliphatic carbocycles. The Balaban J connectivity index is 0.000000203. The largest absolute Gasteiger partial charge is 0.507 e. The molecular formula is C36H48Br2O7. The quantitative estimate of drug-likeness (QED) is 0.247. The lowest BCUT2D eigenvalue weighted by atomic mass is 9.76. The standard InChI is InChI=1S/C18H23BrO3.C10H18O2.C8H7BrO2/c1-17(2)9-11(10-18(3,4)22-17)16-8-14(20)13-7-12(19)5-6-15(13)21-16;1-9(2)5-8(7-11)6-10(3,4)12-9;1-5(10)7-4-6(9)2-3-8(7)11/h5-7,11,16H,8-10H2,1-4H3;7-8H,5-6H2,1-4H3;2-4,11H,1H3. The zero-order valence-electron chi connectivity index (χ0n) is 28.0. The number of aromatic hydroxyl groups is 1. The first kappa shape index (κ1) is 37.4. The summed E-state index contributed by atoms with van der Waals surface area (Å²) in [7, 11) is 0. The number of ketones is 2. The first-order valence-electron chi connectivity index (χ1n) is 15.5. The van der Waals surface area contributed by atoms with Gasteiger partial charge in [-0.05, 0) is 124 Å². The van der Waals surface area contributed by atoms with Crippen LogP contribution in [0.2, 0.25) is 0 Å². The molecule has 2 saturated heterocycles. The molecule has 248 valence electrons. The lowest BCUT2D eigenvalue weighted by Gasteiger charge is -2.47. The van der Waals surface area contributed by atoms with E-state index in [0.717, 1.165) is 40.9 Å². The van der Waals surface area contributed by atoms with E-state index in [0.29, 0.717) is 29.2 Å². The van der Waals surface area contributed by atoms with E-state index < -0.39 is 0 Å². The number of Topliss-reactive ketones (excluding diaryl/α,β-unsaturated/α-hetero) is 2. The van der Waals surface area contributed by atoms with Gasteiger partial charge in [-0.3, -0.25) is 9.59 Å². The number of hydrogen-bond donors (Lipinski definition) is 1. The summed E-state index contributed by atoms with van der Waals surface area (Å²) in [6, 6.07) is 10.4. The Bertz CT molecular complexity index is 1360. The van der Waals surface area contributed by atoms with Crippen molar-refractivity contribution < 1.29 is 33.7 Å². The first-order valence-corrected chi connectivity index (χ1v) is 17.0. The molecule has 9 heteroatoms. The summed E-state index contributed by atoms with van der Waals surface area (Å²) >= 11 is 6.62. The van der Waals surface area contributed by atoms with Crippen LogP contribution in [0.1, 0.15) is 115 Å². The number of halogens is 2. The molecule has 1 atom stereocenters. The smallest absolute Gasteiger partial charge is 0.170 e. The second-order valence-corrected chi connectivity index (χ2v) is 16.7. The molecule has 0 bridgehead atoms. The highest BCUT2D eigenvalue weighted by molar-refractivity contribution is 9.10. The molecule has 3 aliphatic rings. The van der Waals surface area contributed by atoms with Gasteiger partial charge in [0.25, 0.3) is 0 Å². The van der Waals surface area contributed by atoms with E-state index >= 15 is 0 Å². The maximum absolute atomic E-state index is 12.5. The maximum Gasteiger partial charge on any atom is 0.170 e. The molecule has 0 amide bonds. The topological polar surface area (TPSA) is 99.1 Å². The Hall–Kier alpha value is -2.07. The molecule has 2 fully saturated rings. The van der Waals surface area contributed by atoms with E-state index in [1.165, 1.54) is 13.0 Å². The Kier molecular flexibility index (Phi) is 11.9. The number of phenolic OH excluding ortho intramolecular Hbond substituents is 1. The predicted molar refractivity (Wildman–Crippen MR) is 183 cm³/mol. The molecule has 2 aromatic rings. The Morgan fingerprint density at radius 1 is 0.822 bits per heavy atom. The van der Waals surface area contributed by atoms with Crippen molar-refractivity contribution in [3.63, 3.8) is 0 Å². The van der Waals surface area contributed by atoms with Gasteiger partial charge in [0.1, 0.15) is 23.9 Å². The highest BCUT2D eigenvalue weighted by Crippen LogP contribution is 2.43. The number of benzene rings is 2.